The van der Waals surface area contributed by atoms with E-state index in [1.54, 1.807) is 12.3 Å². The molecule has 1 aromatic carbocycles. The number of methoxy groups -OCH3 is 1. The highest BCUT2D eigenvalue weighted by atomic mass is 16.5. The summed E-state index contributed by atoms with van der Waals surface area (Å²) in [6, 6.07) is 8.51. The quantitative estimate of drug-likeness (QED) is 0.397. The van der Waals surface area contributed by atoms with E-state index >= 15 is 0 Å². The molecule has 0 bridgehead atoms. The van der Waals surface area contributed by atoms with Gasteiger partial charge in [-0.2, -0.15) is 0 Å². The number of para-hydroxylation sites is 1. The molecule has 1 amide bonds. The van der Waals surface area contributed by atoms with Crippen LogP contribution >= 0.6 is 0 Å². The SMILES string of the molecule is C=CCCCCCC[C@@H](NC(=O)c1cccc2cccnc12)C(=O)OC. The maximum atomic E-state index is 12.7. The van der Waals surface area contributed by atoms with Crippen LogP contribution in [0.3, 0.4) is 0 Å². The van der Waals surface area contributed by atoms with E-state index in [4.69, 9.17) is 4.74 Å². The van der Waals surface area contributed by atoms with Crippen molar-refractivity contribution in [1.82, 2.24) is 10.3 Å². The standard InChI is InChI=1S/C21H26N2O3/c1-3-4-5-6-7-8-14-18(21(25)26-2)23-20(24)17-13-9-11-16-12-10-15-22-19(16)17/h3,9-13,15,18H,1,4-8,14H2,2H3,(H,23,24)/t18-/m1/s1. The van der Waals surface area contributed by atoms with Crippen LogP contribution in [0.1, 0.15) is 48.9 Å². The number of amides is 1. The molecule has 0 fully saturated rings. The highest BCUT2D eigenvalue weighted by Gasteiger charge is 2.22. The van der Waals surface area contributed by atoms with Crippen molar-refractivity contribution in [2.75, 3.05) is 7.11 Å². The molecule has 2 rings (SSSR count). The van der Waals surface area contributed by atoms with Gasteiger partial charge >= 0.3 is 5.97 Å². The zero-order valence-electron chi connectivity index (χ0n) is 15.2. The van der Waals surface area contributed by atoms with Crippen LogP contribution in [-0.4, -0.2) is 30.0 Å². The number of rotatable bonds is 10. The first-order chi connectivity index (χ1) is 12.7. The molecule has 0 aliphatic heterocycles. The van der Waals surface area contributed by atoms with Gasteiger partial charge in [-0.3, -0.25) is 9.78 Å². The molecule has 5 nitrogen and oxygen atoms in total. The van der Waals surface area contributed by atoms with Gasteiger partial charge in [-0.05, 0) is 31.4 Å². The van der Waals surface area contributed by atoms with Gasteiger partial charge in [-0.15, -0.1) is 6.58 Å². The Hall–Kier alpha value is -2.69. The number of allylic oxidation sites excluding steroid dienone is 1. The molecular weight excluding hydrogens is 328 g/mol. The van der Waals surface area contributed by atoms with Crippen molar-refractivity contribution in [3.8, 4) is 0 Å². The molecule has 0 aliphatic carbocycles. The fraction of sp³-hybridized carbons (Fsp3) is 0.381. The maximum absolute atomic E-state index is 12.7. The van der Waals surface area contributed by atoms with Crippen molar-refractivity contribution in [2.24, 2.45) is 0 Å². The first-order valence-corrected chi connectivity index (χ1v) is 9.00. The maximum Gasteiger partial charge on any atom is 0.328 e. The van der Waals surface area contributed by atoms with Crippen LogP contribution in [0.2, 0.25) is 0 Å². The second-order valence-electron chi connectivity index (χ2n) is 6.21. The number of hydrogen-bond acceptors (Lipinski definition) is 4. The number of nitrogens with zero attached hydrogens (tertiary/aromatic N) is 1. The number of esters is 1. The molecule has 0 aliphatic rings. The molecule has 1 N–H and O–H groups in total. The van der Waals surface area contributed by atoms with Crippen molar-refractivity contribution >= 4 is 22.8 Å². The Morgan fingerprint density at radius 3 is 2.73 bits per heavy atom. The molecule has 1 aromatic heterocycles. The van der Waals surface area contributed by atoms with Gasteiger partial charge in [0.2, 0.25) is 0 Å². The van der Waals surface area contributed by atoms with E-state index < -0.39 is 12.0 Å². The van der Waals surface area contributed by atoms with Gasteiger partial charge in [0.15, 0.2) is 0 Å². The number of unbranched alkanes of at least 4 members (excludes halogenated alkanes) is 4. The van der Waals surface area contributed by atoms with E-state index in [0.29, 0.717) is 17.5 Å². The summed E-state index contributed by atoms with van der Waals surface area (Å²) in [5.41, 5.74) is 1.09. The lowest BCUT2D eigenvalue weighted by atomic mass is 10.0. The van der Waals surface area contributed by atoms with Gasteiger partial charge in [0.05, 0.1) is 18.2 Å². The molecule has 0 unspecified atom stereocenters. The summed E-state index contributed by atoms with van der Waals surface area (Å²) in [6.07, 6.45) is 9.17. The normalized spacial score (nSPS) is 11.7. The average Bonchev–Trinajstić information content (AvgIpc) is 2.68. The summed E-state index contributed by atoms with van der Waals surface area (Å²) >= 11 is 0. The Morgan fingerprint density at radius 1 is 1.19 bits per heavy atom. The Bertz CT molecular complexity index is 753. The third-order valence-corrected chi connectivity index (χ3v) is 4.32. The highest BCUT2D eigenvalue weighted by molar-refractivity contribution is 6.06. The Balaban J connectivity index is 2.01. The first-order valence-electron chi connectivity index (χ1n) is 9.00. The number of benzene rings is 1. The summed E-state index contributed by atoms with van der Waals surface area (Å²) in [4.78, 5) is 29.0. The van der Waals surface area contributed by atoms with Crippen molar-refractivity contribution in [1.29, 1.82) is 0 Å². The molecule has 1 atom stereocenters. The van der Waals surface area contributed by atoms with Crippen molar-refractivity contribution in [3.63, 3.8) is 0 Å². The van der Waals surface area contributed by atoms with Crippen LogP contribution in [0.4, 0.5) is 0 Å². The third kappa shape index (κ3) is 5.41. The van der Waals surface area contributed by atoms with Crippen LogP contribution in [0.15, 0.2) is 49.2 Å². The first kappa shape index (κ1) is 19.6. The minimum Gasteiger partial charge on any atom is -0.467 e. The number of pyridine rings is 1. The minimum atomic E-state index is -0.647. The average molecular weight is 354 g/mol. The highest BCUT2D eigenvalue weighted by Crippen LogP contribution is 2.16. The molecule has 0 radical (unpaired) electrons. The third-order valence-electron chi connectivity index (χ3n) is 4.32. The van der Waals surface area contributed by atoms with E-state index in [1.807, 2.05) is 30.3 Å². The fourth-order valence-corrected chi connectivity index (χ4v) is 2.91. The van der Waals surface area contributed by atoms with Crippen LogP contribution in [0, 0.1) is 0 Å². The number of nitrogens with one attached hydrogen (secondary N) is 1. The summed E-state index contributed by atoms with van der Waals surface area (Å²) in [5, 5.41) is 3.69. The molecule has 5 heteroatoms. The predicted molar refractivity (Wildman–Crippen MR) is 103 cm³/mol. The van der Waals surface area contributed by atoms with Gasteiger partial charge in [0, 0.05) is 11.6 Å². The number of carbonyl (C=O) groups is 2. The smallest absolute Gasteiger partial charge is 0.328 e. The molecule has 1 heterocycles. The number of ether oxygens (including phenoxy) is 1. The fourth-order valence-electron chi connectivity index (χ4n) is 2.91. The van der Waals surface area contributed by atoms with E-state index in [9.17, 15) is 9.59 Å². The van der Waals surface area contributed by atoms with E-state index in [0.717, 1.165) is 37.5 Å². The monoisotopic (exact) mass is 354 g/mol. The summed E-state index contributed by atoms with van der Waals surface area (Å²) in [6.45, 7) is 3.71. The lowest BCUT2D eigenvalue weighted by Crippen LogP contribution is -2.41. The lowest BCUT2D eigenvalue weighted by Gasteiger charge is -2.17. The number of hydrogen-bond donors (Lipinski definition) is 1. The predicted octanol–water partition coefficient (Wildman–Crippen LogP) is 4.03. The molecular formula is C21H26N2O3. The molecule has 2 aromatic rings. The zero-order valence-corrected chi connectivity index (χ0v) is 15.2. The van der Waals surface area contributed by atoms with Crippen LogP contribution < -0.4 is 5.32 Å². The minimum absolute atomic E-state index is 0.309. The summed E-state index contributed by atoms with van der Waals surface area (Å²) in [5.74, 6) is -0.728. The van der Waals surface area contributed by atoms with Crippen LogP contribution in [-0.2, 0) is 9.53 Å². The van der Waals surface area contributed by atoms with Crippen LogP contribution in [0.25, 0.3) is 10.9 Å². The van der Waals surface area contributed by atoms with E-state index in [1.165, 1.54) is 7.11 Å². The molecule has 0 saturated heterocycles. The second-order valence-corrected chi connectivity index (χ2v) is 6.21. The molecule has 0 saturated carbocycles. The second kappa shape index (κ2) is 10.3. The Kier molecular flexibility index (Phi) is 7.80. The largest absolute Gasteiger partial charge is 0.467 e. The summed E-state index contributed by atoms with van der Waals surface area (Å²) in [7, 11) is 1.34. The van der Waals surface area contributed by atoms with Crippen molar-refractivity contribution < 1.29 is 14.3 Å². The molecule has 0 spiro atoms. The van der Waals surface area contributed by atoms with Crippen LogP contribution in [0.5, 0.6) is 0 Å². The molecule has 138 valence electrons. The van der Waals surface area contributed by atoms with Gasteiger partial charge < -0.3 is 10.1 Å². The topological polar surface area (TPSA) is 68.3 Å². The van der Waals surface area contributed by atoms with Gasteiger partial charge in [0.25, 0.3) is 5.91 Å². The van der Waals surface area contributed by atoms with Gasteiger partial charge in [-0.25, -0.2) is 4.79 Å². The van der Waals surface area contributed by atoms with Crippen molar-refractivity contribution in [3.05, 3.63) is 54.7 Å². The Labute approximate surface area is 154 Å². The molecule has 26 heavy (non-hydrogen) atoms. The number of aromatic nitrogens is 1. The zero-order chi connectivity index (χ0) is 18.8. The lowest BCUT2D eigenvalue weighted by molar-refractivity contribution is -0.143. The number of carbonyl (C=O) groups excluding carboxylic acids is 2. The van der Waals surface area contributed by atoms with E-state index in [2.05, 4.69) is 16.9 Å². The van der Waals surface area contributed by atoms with Crippen molar-refractivity contribution in [2.45, 2.75) is 44.6 Å². The number of fused-ring (bicyclic) bond motifs is 1. The van der Waals surface area contributed by atoms with E-state index in [-0.39, 0.29) is 5.91 Å². The Morgan fingerprint density at radius 2 is 1.96 bits per heavy atom. The van der Waals surface area contributed by atoms with Gasteiger partial charge in [0.1, 0.15) is 6.04 Å². The summed E-state index contributed by atoms with van der Waals surface area (Å²) < 4.78 is 4.85. The van der Waals surface area contributed by atoms with Gasteiger partial charge in [-0.1, -0.05) is 43.5 Å².